The highest BCUT2D eigenvalue weighted by molar-refractivity contribution is 7.98. The second-order valence-corrected chi connectivity index (χ2v) is 16.3. The Morgan fingerprint density at radius 3 is 2.39 bits per heavy atom. The van der Waals surface area contributed by atoms with Crippen molar-refractivity contribution in [2.75, 3.05) is 31.2 Å². The number of alkyl carbamates (subject to hydrolysis) is 1. The zero-order valence-electron chi connectivity index (χ0n) is 31.0. The Labute approximate surface area is 329 Å². The zero-order valence-corrected chi connectivity index (χ0v) is 33.4. The smallest absolute Gasteiger partial charge is 0.408 e. The Balaban J connectivity index is 1.30. The molecule has 0 radical (unpaired) electrons. The van der Waals surface area contributed by atoms with Gasteiger partial charge in [-0.3, -0.25) is 0 Å². The molecule has 1 aliphatic rings. The van der Waals surface area contributed by atoms with E-state index in [9.17, 15) is 14.9 Å². The van der Waals surface area contributed by atoms with Gasteiger partial charge in [0.25, 0.3) is 0 Å². The highest BCUT2D eigenvalue weighted by Crippen LogP contribution is 2.45. The predicted molar refractivity (Wildman–Crippen MR) is 213 cm³/mol. The third kappa shape index (κ3) is 10.9. The van der Waals surface area contributed by atoms with Gasteiger partial charge in [-0.15, -0.1) is 11.3 Å². The van der Waals surface area contributed by atoms with Crippen LogP contribution in [0.3, 0.4) is 0 Å². The van der Waals surface area contributed by atoms with E-state index in [1.165, 1.54) is 11.8 Å². The number of thioether (sulfide) groups is 1. The summed E-state index contributed by atoms with van der Waals surface area (Å²) < 4.78 is 16.6. The van der Waals surface area contributed by atoms with E-state index < -0.39 is 23.7 Å². The van der Waals surface area contributed by atoms with Crippen molar-refractivity contribution in [1.82, 2.24) is 15.3 Å². The molecule has 0 spiro atoms. The van der Waals surface area contributed by atoms with Gasteiger partial charge in [0.15, 0.2) is 0 Å². The number of pyridine rings is 1. The van der Waals surface area contributed by atoms with Crippen LogP contribution in [-0.4, -0.2) is 60.0 Å². The minimum atomic E-state index is -0.854. The number of carbonyl (C=O) groups excluding carboxylic acids is 2. The topological polar surface area (TPSA) is 131 Å². The molecule has 282 valence electrons. The van der Waals surface area contributed by atoms with Crippen molar-refractivity contribution in [3.8, 4) is 33.5 Å². The summed E-state index contributed by atoms with van der Waals surface area (Å²) in [7, 11) is 0. The lowest BCUT2D eigenvalue weighted by Crippen LogP contribution is -2.45. The van der Waals surface area contributed by atoms with Crippen LogP contribution in [0.2, 0.25) is 5.02 Å². The molecule has 1 aliphatic heterocycles. The molecule has 1 amide bonds. The number of nitrogens with one attached hydrogen (secondary N) is 1. The molecule has 5 rings (SSSR count). The van der Waals surface area contributed by atoms with Gasteiger partial charge < -0.3 is 24.4 Å². The summed E-state index contributed by atoms with van der Waals surface area (Å²) in [5, 5.41) is 17.2. The van der Waals surface area contributed by atoms with Gasteiger partial charge in [-0.05, 0) is 75.8 Å². The zero-order chi connectivity index (χ0) is 38.8. The first-order valence-electron chi connectivity index (χ1n) is 17.7. The normalized spacial score (nSPS) is 13.2. The van der Waals surface area contributed by atoms with Crippen LogP contribution in [0.25, 0.3) is 26.5 Å². The van der Waals surface area contributed by atoms with Gasteiger partial charge in [0, 0.05) is 40.4 Å². The quantitative estimate of drug-likeness (QED) is 0.0571. The lowest BCUT2D eigenvalue weighted by Gasteiger charge is -2.23. The van der Waals surface area contributed by atoms with Gasteiger partial charge in [-0.2, -0.15) is 5.26 Å². The van der Waals surface area contributed by atoms with E-state index in [0.717, 1.165) is 42.2 Å². The number of halogens is 1. The van der Waals surface area contributed by atoms with E-state index in [4.69, 9.17) is 42.4 Å². The Bertz CT molecular complexity index is 2010. The van der Waals surface area contributed by atoms with Gasteiger partial charge in [-0.1, -0.05) is 61.5 Å². The van der Waals surface area contributed by atoms with Crippen molar-refractivity contribution in [2.24, 2.45) is 5.92 Å². The number of esters is 1. The maximum absolute atomic E-state index is 12.8. The number of nitrogens with zero attached hydrogens (tertiary/aromatic N) is 5. The summed E-state index contributed by atoms with van der Waals surface area (Å²) in [6.07, 6.45) is 1.72. The third-order valence-corrected chi connectivity index (χ3v) is 10.4. The van der Waals surface area contributed by atoms with Gasteiger partial charge in [0.05, 0.1) is 17.8 Å². The number of carbonyl (C=O) groups is 2. The molecule has 4 aromatic rings. The molecule has 2 aromatic heterocycles. The Kier molecular flexibility index (Phi) is 13.8. The first-order chi connectivity index (χ1) is 25.8. The molecule has 0 unspecified atom stereocenters. The summed E-state index contributed by atoms with van der Waals surface area (Å²) in [5.41, 5.74) is 3.03. The molecular weight excluding hydrogens is 744 g/mol. The monoisotopic (exact) mass is 786 g/mol. The van der Waals surface area contributed by atoms with Crippen molar-refractivity contribution < 1.29 is 23.8 Å². The molecule has 0 saturated carbocycles. The van der Waals surface area contributed by atoms with E-state index >= 15 is 0 Å². The van der Waals surface area contributed by atoms with Gasteiger partial charge in [-0.25, -0.2) is 24.4 Å². The molecule has 3 heterocycles. The van der Waals surface area contributed by atoms with Gasteiger partial charge in [0.1, 0.15) is 52.5 Å². The van der Waals surface area contributed by atoms with E-state index in [1.54, 1.807) is 44.2 Å². The number of ether oxygens (including phenoxy) is 3. The van der Waals surface area contributed by atoms with Crippen LogP contribution >= 0.6 is 34.7 Å². The summed E-state index contributed by atoms with van der Waals surface area (Å²) >= 11 is 9.04. The summed E-state index contributed by atoms with van der Waals surface area (Å²) in [6, 6.07) is 16.2. The largest absolute Gasteiger partial charge is 0.490 e. The van der Waals surface area contributed by atoms with Crippen molar-refractivity contribution in [3.05, 3.63) is 81.6 Å². The molecule has 1 atom stereocenters. The van der Waals surface area contributed by atoms with E-state index in [-0.39, 0.29) is 19.1 Å². The SMILES string of the molecule is [C-]#[N+]c1c(N2CCCC2)nc(SCc2csc(-c3ccc(Cl)cc3)n2)c(C#N)c1-c1ccc(OCCOC(=O)[C@H](CC(C)C)NC(=O)OC(C)(C)C)cc1. The first kappa shape index (κ1) is 40.4. The first-order valence-corrected chi connectivity index (χ1v) is 19.9. The number of hydrogen-bond donors (Lipinski definition) is 1. The maximum atomic E-state index is 12.8. The van der Waals surface area contributed by atoms with Crippen molar-refractivity contribution in [3.63, 3.8) is 0 Å². The number of nitriles is 1. The van der Waals surface area contributed by atoms with Crippen LogP contribution in [0.5, 0.6) is 5.75 Å². The van der Waals surface area contributed by atoms with Gasteiger partial charge >= 0.3 is 12.1 Å². The number of thiazole rings is 1. The molecule has 0 aliphatic carbocycles. The lowest BCUT2D eigenvalue weighted by molar-refractivity contribution is -0.147. The molecule has 54 heavy (non-hydrogen) atoms. The predicted octanol–water partition coefficient (Wildman–Crippen LogP) is 9.70. The Morgan fingerprint density at radius 1 is 1.07 bits per heavy atom. The van der Waals surface area contributed by atoms with Crippen molar-refractivity contribution in [2.45, 2.75) is 76.3 Å². The van der Waals surface area contributed by atoms with E-state index in [0.29, 0.717) is 56.2 Å². The van der Waals surface area contributed by atoms with E-state index in [2.05, 4.69) is 21.1 Å². The summed E-state index contributed by atoms with van der Waals surface area (Å²) in [6.45, 7) is 18.9. The second kappa shape index (κ2) is 18.5. The average molecular weight is 787 g/mol. The molecule has 11 nitrogen and oxygen atoms in total. The molecule has 1 saturated heterocycles. The molecule has 14 heteroatoms. The molecule has 0 bridgehead atoms. The van der Waals surface area contributed by atoms with Crippen LogP contribution in [-0.2, 0) is 20.0 Å². The third-order valence-electron chi connectivity index (χ3n) is 8.17. The number of rotatable bonds is 14. The van der Waals surface area contributed by atoms with E-state index in [1.807, 2.05) is 55.6 Å². The maximum Gasteiger partial charge on any atom is 0.408 e. The number of anilines is 1. The fourth-order valence-corrected chi connectivity index (χ4v) is 7.72. The highest BCUT2D eigenvalue weighted by Gasteiger charge is 2.28. The van der Waals surface area contributed by atoms with Crippen LogP contribution < -0.4 is 15.0 Å². The second-order valence-electron chi connectivity index (χ2n) is 14.1. The fraction of sp³-hybridized carbons (Fsp3) is 0.400. The van der Waals surface area contributed by atoms with Crippen LogP contribution in [0, 0.1) is 23.8 Å². The van der Waals surface area contributed by atoms with Crippen molar-refractivity contribution in [1.29, 1.82) is 5.26 Å². The van der Waals surface area contributed by atoms with Gasteiger partial charge in [0.2, 0.25) is 5.69 Å². The number of amides is 1. The fourth-order valence-electron chi connectivity index (χ4n) is 5.78. The number of aromatic nitrogens is 2. The Hall–Kier alpha value is -4.82. The minimum absolute atomic E-state index is 0.0318. The van der Waals surface area contributed by atoms with Crippen molar-refractivity contribution >= 4 is 58.3 Å². The number of benzene rings is 2. The average Bonchev–Trinajstić information content (AvgIpc) is 3.84. The molecule has 1 N–H and O–H groups in total. The lowest BCUT2D eigenvalue weighted by atomic mass is 9.99. The molecular formula is C40H43ClN6O5S2. The van der Waals surface area contributed by atoms with Crippen LogP contribution in [0.4, 0.5) is 16.3 Å². The standard InChI is InChI=1S/C40H43ClN6O5S2/c1-25(2)21-32(45-39(49)52-40(3,4)5)38(48)51-20-19-50-30-15-11-26(12-16-30)33-31(22-42)37(46-35(34(33)43-6)47-17-7-8-18-47)54-24-29-23-53-36(44-29)27-9-13-28(41)14-10-27/h9-16,23,25,32H,7-8,17-21,24H2,1-5H3,(H,45,49)/t32-/m0/s1. The Morgan fingerprint density at radius 2 is 1.76 bits per heavy atom. The molecule has 2 aromatic carbocycles. The van der Waals surface area contributed by atoms with Crippen LogP contribution in [0.15, 0.2) is 58.9 Å². The summed E-state index contributed by atoms with van der Waals surface area (Å²) in [4.78, 5) is 40.9. The molecule has 1 fully saturated rings. The number of hydrogen-bond acceptors (Lipinski definition) is 11. The van der Waals surface area contributed by atoms with Crippen LogP contribution in [0.1, 0.15) is 65.1 Å². The minimum Gasteiger partial charge on any atom is -0.490 e. The highest BCUT2D eigenvalue weighted by atomic mass is 35.5. The summed E-state index contributed by atoms with van der Waals surface area (Å²) in [5.74, 6) is 1.16.